The van der Waals surface area contributed by atoms with E-state index in [0.717, 1.165) is 18.3 Å². The summed E-state index contributed by atoms with van der Waals surface area (Å²) in [5.74, 6) is -0.878. The van der Waals surface area contributed by atoms with Crippen molar-refractivity contribution in [3.8, 4) is 0 Å². The van der Waals surface area contributed by atoms with Gasteiger partial charge >= 0.3 is 0 Å². The second kappa shape index (κ2) is 10.7. The highest BCUT2D eigenvalue weighted by Crippen LogP contribution is 2.21. The molecule has 158 valence electrons. The van der Waals surface area contributed by atoms with Crippen molar-refractivity contribution in [1.29, 1.82) is 0 Å². The van der Waals surface area contributed by atoms with Gasteiger partial charge in [0.2, 0.25) is 17.7 Å². The molecule has 7 heteroatoms. The predicted octanol–water partition coefficient (Wildman–Crippen LogP) is 1.45. The minimum absolute atomic E-state index is 0.0449. The van der Waals surface area contributed by atoms with Gasteiger partial charge in [0.05, 0.1) is 6.04 Å². The maximum Gasteiger partial charge on any atom is 0.246 e. The third kappa shape index (κ3) is 6.14. The maximum absolute atomic E-state index is 13.1. The Hall–Kier alpha value is -2.70. The topological polar surface area (TPSA) is 95.6 Å². The molecule has 2 N–H and O–H groups in total. The van der Waals surface area contributed by atoms with Crippen LogP contribution in [0.1, 0.15) is 45.6 Å². The molecule has 0 saturated carbocycles. The molecule has 1 aromatic carbocycles. The van der Waals surface area contributed by atoms with Gasteiger partial charge in [-0.15, -0.1) is 0 Å². The van der Waals surface area contributed by atoms with Gasteiger partial charge in [-0.1, -0.05) is 50.6 Å². The molecule has 1 fully saturated rings. The lowest BCUT2D eigenvalue weighted by atomic mass is 9.97. The first-order valence-corrected chi connectivity index (χ1v) is 10.2. The molecule has 0 aromatic heterocycles. The molecule has 1 aromatic rings. The van der Waals surface area contributed by atoms with Crippen LogP contribution in [0, 0.1) is 5.92 Å². The smallest absolute Gasteiger partial charge is 0.246 e. The quantitative estimate of drug-likeness (QED) is 0.612. The lowest BCUT2D eigenvalue weighted by Crippen LogP contribution is -2.56. The van der Waals surface area contributed by atoms with E-state index in [4.69, 9.17) is 0 Å². The summed E-state index contributed by atoms with van der Waals surface area (Å²) in [6, 6.07) is 7.53. The van der Waals surface area contributed by atoms with Gasteiger partial charge in [-0.3, -0.25) is 14.4 Å². The fourth-order valence-corrected chi connectivity index (χ4v) is 3.66. The van der Waals surface area contributed by atoms with Crippen LogP contribution in [0.25, 0.3) is 0 Å². The Kier molecular flexibility index (Phi) is 8.36. The number of hydrogen-bond acceptors (Lipinski definition) is 4. The van der Waals surface area contributed by atoms with Gasteiger partial charge < -0.3 is 20.3 Å². The van der Waals surface area contributed by atoms with E-state index in [1.165, 1.54) is 6.92 Å². The second-order valence-electron chi connectivity index (χ2n) is 7.69. The van der Waals surface area contributed by atoms with E-state index in [1.807, 2.05) is 44.2 Å². The Morgan fingerprint density at radius 1 is 1.21 bits per heavy atom. The maximum atomic E-state index is 13.1. The molecular weight excluding hydrogens is 370 g/mol. The molecule has 1 aliphatic heterocycles. The van der Waals surface area contributed by atoms with Gasteiger partial charge in [0.1, 0.15) is 18.4 Å². The van der Waals surface area contributed by atoms with Gasteiger partial charge in [0.15, 0.2) is 0 Å². The standard InChI is InChI=1S/C22H31N3O4/c1-4-15(2)20(23-16(3)27)22(29)25-12-8-11-19(25)21(28)24-18(14-26)13-17-9-6-5-7-10-17/h5-7,9-10,14-15,18-20H,4,8,11-13H2,1-3H3,(H,23,27)(H,24,28). The minimum atomic E-state index is -0.655. The molecule has 7 nitrogen and oxygen atoms in total. The molecule has 3 amide bonds. The summed E-state index contributed by atoms with van der Waals surface area (Å²) in [6.45, 7) is 5.72. The number of carbonyl (C=O) groups is 4. The lowest BCUT2D eigenvalue weighted by Gasteiger charge is -2.31. The highest BCUT2D eigenvalue weighted by molar-refractivity contribution is 5.93. The van der Waals surface area contributed by atoms with Gasteiger partial charge in [-0.2, -0.15) is 0 Å². The summed E-state index contributed by atoms with van der Waals surface area (Å²) in [4.78, 5) is 50.6. The van der Waals surface area contributed by atoms with Crippen molar-refractivity contribution in [2.75, 3.05) is 6.54 Å². The van der Waals surface area contributed by atoms with Crippen LogP contribution in [0.2, 0.25) is 0 Å². The Morgan fingerprint density at radius 2 is 1.90 bits per heavy atom. The van der Waals surface area contributed by atoms with Crippen LogP contribution in [-0.4, -0.2) is 53.6 Å². The number of likely N-dealkylation sites (tertiary alicyclic amines) is 1. The van der Waals surface area contributed by atoms with Crippen molar-refractivity contribution < 1.29 is 19.2 Å². The van der Waals surface area contributed by atoms with Crippen LogP contribution in [0.4, 0.5) is 0 Å². The van der Waals surface area contributed by atoms with Crippen molar-refractivity contribution in [1.82, 2.24) is 15.5 Å². The molecule has 4 unspecified atom stereocenters. The average Bonchev–Trinajstić information content (AvgIpc) is 3.21. The molecule has 1 aliphatic rings. The summed E-state index contributed by atoms with van der Waals surface area (Å²) in [6.07, 6.45) is 3.11. The molecule has 2 rings (SSSR count). The van der Waals surface area contributed by atoms with Crippen molar-refractivity contribution in [2.45, 2.75) is 64.6 Å². The summed E-state index contributed by atoms with van der Waals surface area (Å²) < 4.78 is 0. The first-order chi connectivity index (χ1) is 13.9. The number of carbonyl (C=O) groups excluding carboxylic acids is 4. The van der Waals surface area contributed by atoms with Crippen LogP contribution in [-0.2, 0) is 25.6 Å². The van der Waals surface area contributed by atoms with Gasteiger partial charge in [-0.25, -0.2) is 0 Å². The SMILES string of the molecule is CCC(C)C(NC(C)=O)C(=O)N1CCCC1C(=O)NC(C=O)Cc1ccccc1. The third-order valence-electron chi connectivity index (χ3n) is 5.47. The van der Waals surface area contributed by atoms with E-state index in [0.29, 0.717) is 25.8 Å². The summed E-state index contributed by atoms with van der Waals surface area (Å²) in [7, 11) is 0. The van der Waals surface area contributed by atoms with Crippen molar-refractivity contribution in [3.05, 3.63) is 35.9 Å². The number of hydrogen-bond donors (Lipinski definition) is 2. The Bertz CT molecular complexity index is 722. The van der Waals surface area contributed by atoms with Gasteiger partial charge in [0.25, 0.3) is 0 Å². The zero-order valence-electron chi connectivity index (χ0n) is 17.4. The fourth-order valence-electron chi connectivity index (χ4n) is 3.66. The highest BCUT2D eigenvalue weighted by atomic mass is 16.2. The molecule has 0 radical (unpaired) electrons. The van der Waals surface area contributed by atoms with E-state index < -0.39 is 18.1 Å². The van der Waals surface area contributed by atoms with E-state index in [2.05, 4.69) is 10.6 Å². The number of rotatable bonds is 9. The van der Waals surface area contributed by atoms with E-state index >= 15 is 0 Å². The van der Waals surface area contributed by atoms with Crippen molar-refractivity contribution in [3.63, 3.8) is 0 Å². The van der Waals surface area contributed by atoms with Crippen LogP contribution in [0.3, 0.4) is 0 Å². The molecule has 0 bridgehead atoms. The number of benzene rings is 1. The van der Waals surface area contributed by atoms with Gasteiger partial charge in [-0.05, 0) is 30.7 Å². The molecule has 0 aliphatic carbocycles. The van der Waals surface area contributed by atoms with Crippen molar-refractivity contribution in [2.24, 2.45) is 5.92 Å². The summed E-state index contributed by atoms with van der Waals surface area (Å²) >= 11 is 0. The predicted molar refractivity (Wildman–Crippen MR) is 110 cm³/mol. The summed E-state index contributed by atoms with van der Waals surface area (Å²) in [5, 5.41) is 5.51. The molecule has 1 saturated heterocycles. The van der Waals surface area contributed by atoms with E-state index in [9.17, 15) is 19.2 Å². The van der Waals surface area contributed by atoms with Crippen LogP contribution in [0.5, 0.6) is 0 Å². The van der Waals surface area contributed by atoms with Gasteiger partial charge in [0, 0.05) is 13.5 Å². The summed E-state index contributed by atoms with van der Waals surface area (Å²) in [5.41, 5.74) is 0.951. The Balaban J connectivity index is 2.07. The number of nitrogens with one attached hydrogen (secondary N) is 2. The van der Waals surface area contributed by atoms with E-state index in [-0.39, 0.29) is 23.6 Å². The average molecular weight is 402 g/mol. The third-order valence-corrected chi connectivity index (χ3v) is 5.47. The van der Waals surface area contributed by atoms with Crippen LogP contribution in [0.15, 0.2) is 30.3 Å². The molecule has 4 atom stereocenters. The van der Waals surface area contributed by atoms with Crippen LogP contribution >= 0.6 is 0 Å². The minimum Gasteiger partial charge on any atom is -0.344 e. The van der Waals surface area contributed by atoms with Crippen LogP contribution < -0.4 is 10.6 Å². The first-order valence-electron chi connectivity index (χ1n) is 10.2. The molecule has 29 heavy (non-hydrogen) atoms. The Labute approximate surface area is 172 Å². The Morgan fingerprint density at radius 3 is 2.48 bits per heavy atom. The monoisotopic (exact) mass is 401 g/mol. The molecular formula is C22H31N3O4. The molecule has 0 spiro atoms. The number of nitrogens with zero attached hydrogens (tertiary/aromatic N) is 1. The zero-order valence-corrected chi connectivity index (χ0v) is 17.4. The zero-order chi connectivity index (χ0) is 21.4. The van der Waals surface area contributed by atoms with E-state index in [1.54, 1.807) is 4.90 Å². The lowest BCUT2D eigenvalue weighted by molar-refractivity contribution is -0.142. The first kappa shape index (κ1) is 22.6. The second-order valence-corrected chi connectivity index (χ2v) is 7.69. The normalized spacial score (nSPS) is 19.1. The molecule has 1 heterocycles. The van der Waals surface area contributed by atoms with Crippen molar-refractivity contribution >= 4 is 24.0 Å². The number of aldehydes is 1. The largest absolute Gasteiger partial charge is 0.344 e. The highest BCUT2D eigenvalue weighted by Gasteiger charge is 2.39. The fraction of sp³-hybridized carbons (Fsp3) is 0.545. The number of amides is 3.